The van der Waals surface area contributed by atoms with Gasteiger partial charge in [0.05, 0.1) is 6.10 Å². The van der Waals surface area contributed by atoms with Crippen molar-refractivity contribution in [1.82, 2.24) is 0 Å². The Morgan fingerprint density at radius 2 is 0.646 bits per heavy atom. The molecule has 0 aromatic rings. The predicted molar refractivity (Wildman–Crippen MR) is 365 cm³/mol. The number of hydrogen-bond acceptors (Lipinski definition) is 2. The minimum atomic E-state index is -0.220. The molecule has 82 heavy (non-hydrogen) atoms. The standard InChI is InChI=1S/C40H54O.C40H56O/c1-30(18-13-20-32(3)23-25-36-34(5)22-15-28-39(36,7)8)16-11-12-17-31(2)19-14-21-33(4)24-26-37-35(6)38(41)27-29-40(37,9)10;1-30(18-13-20-32(3)23-25-37-34(5)22-15-27-39(37,7)8)16-11-12-17-31(2)19-14-21-33(4)24-26-38-35(6)28-36(41)29-40(38,9)10/h11-14,16-21,23-26H,15,22,27-29H2,1-10H3;11-14,16-21,23-26,36,41H,15,22,27-29H2,1-10H3/b2*12-11+,18-13+,19-14+,25-23+,26-24+,30-16+,31-17+,32-20+,33-21+/t;36-/m.1/s1. The Morgan fingerprint density at radius 3 is 0.963 bits per heavy atom. The topological polar surface area (TPSA) is 37.3 Å². The van der Waals surface area contributed by atoms with Crippen molar-refractivity contribution in [3.05, 3.63) is 259 Å². The zero-order valence-electron chi connectivity index (χ0n) is 55.2. The zero-order chi connectivity index (χ0) is 61.3. The minimum absolute atomic E-state index is 0.0128. The molecule has 2 heteroatoms. The van der Waals surface area contributed by atoms with E-state index in [0.717, 1.165) is 30.4 Å². The first kappa shape index (κ1) is 70.2. The fourth-order valence-corrected chi connectivity index (χ4v) is 11.5. The molecule has 2 nitrogen and oxygen atoms in total. The molecule has 0 saturated carbocycles. The van der Waals surface area contributed by atoms with Gasteiger partial charge in [0.2, 0.25) is 0 Å². The third kappa shape index (κ3) is 25.2. The van der Waals surface area contributed by atoms with Gasteiger partial charge in [-0.15, -0.1) is 0 Å². The highest BCUT2D eigenvalue weighted by Gasteiger charge is 2.32. The molecule has 1 N–H and O–H groups in total. The summed E-state index contributed by atoms with van der Waals surface area (Å²) in [5.74, 6) is 0.280. The summed E-state index contributed by atoms with van der Waals surface area (Å²) >= 11 is 0. The van der Waals surface area contributed by atoms with E-state index in [0.29, 0.717) is 6.42 Å². The van der Waals surface area contributed by atoms with Gasteiger partial charge in [0.15, 0.2) is 5.78 Å². The summed E-state index contributed by atoms with van der Waals surface area (Å²) in [4.78, 5) is 12.2. The number of ketones is 1. The van der Waals surface area contributed by atoms with Crippen LogP contribution in [-0.2, 0) is 4.79 Å². The van der Waals surface area contributed by atoms with E-state index in [1.807, 2.05) is 6.92 Å². The van der Waals surface area contributed by atoms with E-state index < -0.39 is 0 Å². The maximum atomic E-state index is 12.2. The Labute approximate surface area is 502 Å². The van der Waals surface area contributed by atoms with Crippen LogP contribution < -0.4 is 0 Å². The number of rotatable bonds is 20. The van der Waals surface area contributed by atoms with Gasteiger partial charge in [0.25, 0.3) is 0 Å². The normalized spacial score (nSPS) is 22.6. The second-order valence-corrected chi connectivity index (χ2v) is 26.7. The third-order valence-electron chi connectivity index (χ3n) is 16.7. The molecule has 0 heterocycles. The van der Waals surface area contributed by atoms with Crippen molar-refractivity contribution in [1.29, 1.82) is 0 Å². The summed E-state index contributed by atoms with van der Waals surface area (Å²) < 4.78 is 0. The summed E-state index contributed by atoms with van der Waals surface area (Å²) in [6.45, 7) is 44.1. The minimum Gasteiger partial charge on any atom is -0.393 e. The molecule has 0 aromatic carbocycles. The summed E-state index contributed by atoms with van der Waals surface area (Å²) in [5.41, 5.74) is 21.2. The van der Waals surface area contributed by atoms with Crippen LogP contribution in [0.1, 0.15) is 203 Å². The van der Waals surface area contributed by atoms with Crippen LogP contribution in [0.3, 0.4) is 0 Å². The number of carbonyl (C=O) groups is 1. The third-order valence-corrected chi connectivity index (χ3v) is 16.7. The molecule has 0 spiro atoms. The van der Waals surface area contributed by atoms with E-state index in [1.54, 1.807) is 5.57 Å². The highest BCUT2D eigenvalue weighted by atomic mass is 16.3. The summed E-state index contributed by atoms with van der Waals surface area (Å²) in [5, 5.41) is 10.1. The van der Waals surface area contributed by atoms with Gasteiger partial charge in [-0.1, -0.05) is 287 Å². The Morgan fingerprint density at radius 1 is 0.366 bits per heavy atom. The molecular formula is C80H110O2. The number of aliphatic hydroxyl groups is 1. The quantitative estimate of drug-likeness (QED) is 0.123. The summed E-state index contributed by atoms with van der Waals surface area (Å²) in [6.07, 6.45) is 70.9. The number of hydrogen-bond donors (Lipinski definition) is 1. The molecule has 4 aliphatic carbocycles. The molecular weight excluding hydrogens is 993 g/mol. The van der Waals surface area contributed by atoms with E-state index in [1.165, 1.54) is 111 Å². The van der Waals surface area contributed by atoms with Gasteiger partial charge in [0.1, 0.15) is 0 Å². The fraction of sp³-hybridized carbons (Fsp3) is 0.438. The largest absolute Gasteiger partial charge is 0.393 e. The summed E-state index contributed by atoms with van der Waals surface area (Å²) in [7, 11) is 0. The Bertz CT molecular complexity index is 2950. The predicted octanol–water partition coefficient (Wildman–Crippen LogP) is 23.4. The molecule has 0 unspecified atom stereocenters. The maximum Gasteiger partial charge on any atom is 0.158 e. The molecule has 1 atom stereocenters. The fourth-order valence-electron chi connectivity index (χ4n) is 11.5. The lowest BCUT2D eigenvalue weighted by Gasteiger charge is -2.35. The van der Waals surface area contributed by atoms with Crippen LogP contribution in [0.2, 0.25) is 0 Å². The smallest absolute Gasteiger partial charge is 0.158 e. The molecule has 442 valence electrons. The van der Waals surface area contributed by atoms with Gasteiger partial charge in [-0.25, -0.2) is 0 Å². The second-order valence-electron chi connectivity index (χ2n) is 26.7. The van der Waals surface area contributed by atoms with Crippen molar-refractivity contribution in [3.63, 3.8) is 0 Å². The number of aliphatic hydroxyl groups excluding tert-OH is 1. The molecule has 0 amide bonds. The Kier molecular flexibility index (Phi) is 29.0. The monoisotopic (exact) mass is 1100 g/mol. The highest BCUT2D eigenvalue weighted by molar-refractivity contribution is 5.97. The number of carbonyl (C=O) groups excluding carboxylic acids is 1. The first-order valence-electron chi connectivity index (χ1n) is 30.6. The van der Waals surface area contributed by atoms with Crippen molar-refractivity contribution in [2.75, 3.05) is 0 Å². The Balaban J connectivity index is 0.000000430. The van der Waals surface area contributed by atoms with Crippen LogP contribution >= 0.6 is 0 Å². The number of Topliss-reactive ketones (excluding diaryl/α,β-unsaturated/α-hetero) is 1. The SMILES string of the molecule is CC1=C(/C=C/C(C)=C/C=C/C(C)=C/C=C/C=C(C)/C=C/C=C(C)/C=C/C2=C(C)C(=O)CCC2(C)C)C(C)(C)CCC1.CC1=C(/C=C/C(C)=C/C=C/C(C)=C/C=C/C=C(C)/C=C/C=C(C)/C=C/C2=C(C)C[C@@H](O)CC2(C)C)C(C)(C)CCC1. The highest BCUT2D eigenvalue weighted by Crippen LogP contribution is 2.44. The average Bonchev–Trinajstić information content (AvgIpc) is 3.59. The first-order chi connectivity index (χ1) is 38.4. The van der Waals surface area contributed by atoms with E-state index >= 15 is 0 Å². The lowest BCUT2D eigenvalue weighted by atomic mass is 9.71. The summed E-state index contributed by atoms with van der Waals surface area (Å²) in [6, 6.07) is 0. The molecule has 0 radical (unpaired) electrons. The molecule has 4 rings (SSSR count). The van der Waals surface area contributed by atoms with E-state index in [2.05, 4.69) is 302 Å². The van der Waals surface area contributed by atoms with Gasteiger partial charge in [-0.3, -0.25) is 4.79 Å². The van der Waals surface area contributed by atoms with E-state index in [9.17, 15) is 9.90 Å². The van der Waals surface area contributed by atoms with Crippen molar-refractivity contribution in [2.45, 2.75) is 209 Å². The molecule has 0 bridgehead atoms. The van der Waals surface area contributed by atoms with Crippen molar-refractivity contribution < 1.29 is 9.90 Å². The first-order valence-corrected chi connectivity index (χ1v) is 30.6. The van der Waals surface area contributed by atoms with Gasteiger partial charge >= 0.3 is 0 Å². The lowest BCUT2D eigenvalue weighted by molar-refractivity contribution is -0.116. The average molecular weight is 1100 g/mol. The molecule has 0 aromatic heterocycles. The molecule has 0 aliphatic heterocycles. The van der Waals surface area contributed by atoms with Crippen LogP contribution in [0.5, 0.6) is 0 Å². The van der Waals surface area contributed by atoms with Crippen LogP contribution in [0, 0.1) is 21.7 Å². The van der Waals surface area contributed by atoms with E-state index in [4.69, 9.17) is 0 Å². The van der Waals surface area contributed by atoms with Gasteiger partial charge in [-0.05, 0) is 190 Å². The Hall–Kier alpha value is -6.09. The lowest BCUT2D eigenvalue weighted by Crippen LogP contribution is -2.28. The maximum absolute atomic E-state index is 12.2. The van der Waals surface area contributed by atoms with E-state index in [-0.39, 0.29) is 33.5 Å². The van der Waals surface area contributed by atoms with Crippen molar-refractivity contribution in [2.24, 2.45) is 21.7 Å². The van der Waals surface area contributed by atoms with Crippen LogP contribution in [0.25, 0.3) is 0 Å². The van der Waals surface area contributed by atoms with Gasteiger partial charge in [0, 0.05) is 6.42 Å². The van der Waals surface area contributed by atoms with Crippen molar-refractivity contribution in [3.8, 4) is 0 Å². The van der Waals surface area contributed by atoms with Gasteiger partial charge < -0.3 is 5.11 Å². The number of allylic oxidation sites excluding steroid dienone is 43. The van der Waals surface area contributed by atoms with Crippen LogP contribution in [0.15, 0.2) is 259 Å². The molecule has 0 saturated heterocycles. The molecule has 4 aliphatic rings. The second kappa shape index (κ2) is 33.9. The van der Waals surface area contributed by atoms with Gasteiger partial charge in [-0.2, -0.15) is 0 Å². The van der Waals surface area contributed by atoms with Crippen molar-refractivity contribution >= 4 is 5.78 Å². The van der Waals surface area contributed by atoms with Crippen LogP contribution in [0.4, 0.5) is 0 Å². The zero-order valence-corrected chi connectivity index (χ0v) is 55.2. The van der Waals surface area contributed by atoms with Crippen LogP contribution in [-0.4, -0.2) is 17.0 Å². The molecule has 0 fully saturated rings.